The van der Waals surface area contributed by atoms with Crippen molar-refractivity contribution in [1.82, 2.24) is 10.6 Å². The normalized spacial score (nSPS) is 23.4. The van der Waals surface area contributed by atoms with Gasteiger partial charge >= 0.3 is 0 Å². The third kappa shape index (κ3) is 3.74. The summed E-state index contributed by atoms with van der Waals surface area (Å²) in [6.07, 6.45) is 2.14. The molecule has 98 valence electrons. The number of nitrogens with one attached hydrogen (secondary N) is 2. The van der Waals surface area contributed by atoms with Crippen LogP contribution in [0.1, 0.15) is 19.8 Å². The van der Waals surface area contributed by atoms with Gasteiger partial charge in [-0.25, -0.2) is 0 Å². The number of rotatable bonds is 4. The number of carbonyl (C=O) groups excluding carboxylic acids is 1. The zero-order valence-corrected chi connectivity index (χ0v) is 10.7. The molecule has 18 heavy (non-hydrogen) atoms. The van der Waals surface area contributed by atoms with Gasteiger partial charge in [-0.15, -0.1) is 0 Å². The fourth-order valence-corrected chi connectivity index (χ4v) is 2.16. The largest absolute Gasteiger partial charge is 0.484 e. The predicted octanol–water partition coefficient (Wildman–Crippen LogP) is 1.32. The first-order chi connectivity index (χ1) is 8.75. The molecule has 0 saturated carbocycles. The van der Waals surface area contributed by atoms with Crippen LogP contribution in [0, 0.1) is 0 Å². The molecule has 4 nitrogen and oxygen atoms in total. The summed E-state index contributed by atoms with van der Waals surface area (Å²) in [5, 5.41) is 6.37. The van der Waals surface area contributed by atoms with Crippen LogP contribution in [0.3, 0.4) is 0 Å². The van der Waals surface area contributed by atoms with E-state index in [2.05, 4.69) is 17.6 Å². The molecule has 1 aromatic carbocycles. The molecule has 0 aromatic heterocycles. The molecule has 1 aliphatic heterocycles. The molecule has 0 aliphatic carbocycles. The summed E-state index contributed by atoms with van der Waals surface area (Å²) in [6.45, 7) is 3.21. The van der Waals surface area contributed by atoms with Gasteiger partial charge in [0.05, 0.1) is 0 Å². The first-order valence-corrected chi connectivity index (χ1v) is 6.46. The van der Waals surface area contributed by atoms with Crippen molar-refractivity contribution < 1.29 is 9.53 Å². The topological polar surface area (TPSA) is 50.4 Å². The Morgan fingerprint density at radius 3 is 2.94 bits per heavy atom. The minimum Gasteiger partial charge on any atom is -0.484 e. The standard InChI is InChI=1S/C14H20N2O2/c1-11-13(8-5-9-15-11)16-14(17)10-18-12-6-3-2-4-7-12/h2-4,6-7,11,13,15H,5,8-10H2,1H3,(H,16,17). The van der Waals surface area contributed by atoms with Crippen molar-refractivity contribution in [2.75, 3.05) is 13.2 Å². The van der Waals surface area contributed by atoms with Crippen LogP contribution in [0.15, 0.2) is 30.3 Å². The highest BCUT2D eigenvalue weighted by atomic mass is 16.5. The van der Waals surface area contributed by atoms with Crippen LogP contribution < -0.4 is 15.4 Å². The zero-order valence-electron chi connectivity index (χ0n) is 10.7. The summed E-state index contributed by atoms with van der Waals surface area (Å²) in [5.41, 5.74) is 0. The van der Waals surface area contributed by atoms with Crippen molar-refractivity contribution in [3.8, 4) is 5.75 Å². The van der Waals surface area contributed by atoms with Gasteiger partial charge in [0.15, 0.2) is 6.61 Å². The third-order valence-corrected chi connectivity index (χ3v) is 3.22. The van der Waals surface area contributed by atoms with Crippen LogP contribution in [0.25, 0.3) is 0 Å². The van der Waals surface area contributed by atoms with Crippen LogP contribution in [0.4, 0.5) is 0 Å². The van der Waals surface area contributed by atoms with E-state index in [0.717, 1.165) is 25.1 Å². The van der Waals surface area contributed by atoms with E-state index in [9.17, 15) is 4.79 Å². The lowest BCUT2D eigenvalue weighted by molar-refractivity contribution is -0.124. The number of piperidine rings is 1. The summed E-state index contributed by atoms with van der Waals surface area (Å²) in [4.78, 5) is 11.8. The Morgan fingerprint density at radius 2 is 2.22 bits per heavy atom. The summed E-state index contributed by atoms with van der Waals surface area (Å²) in [7, 11) is 0. The average Bonchev–Trinajstić information content (AvgIpc) is 2.40. The zero-order chi connectivity index (χ0) is 12.8. The second-order valence-electron chi connectivity index (χ2n) is 4.66. The van der Waals surface area contributed by atoms with E-state index >= 15 is 0 Å². The molecule has 2 atom stereocenters. The molecule has 0 bridgehead atoms. The second-order valence-corrected chi connectivity index (χ2v) is 4.66. The van der Waals surface area contributed by atoms with Gasteiger partial charge in [-0.05, 0) is 38.4 Å². The van der Waals surface area contributed by atoms with Crippen molar-refractivity contribution in [1.29, 1.82) is 0 Å². The Hall–Kier alpha value is -1.55. The van der Waals surface area contributed by atoms with Crippen molar-refractivity contribution in [2.24, 2.45) is 0 Å². The number of carbonyl (C=O) groups is 1. The Bertz CT molecular complexity index is 381. The average molecular weight is 248 g/mol. The lowest BCUT2D eigenvalue weighted by Crippen LogP contribution is -2.52. The fourth-order valence-electron chi connectivity index (χ4n) is 2.16. The molecule has 0 spiro atoms. The van der Waals surface area contributed by atoms with Crippen molar-refractivity contribution in [2.45, 2.75) is 31.8 Å². The quantitative estimate of drug-likeness (QED) is 0.845. The monoisotopic (exact) mass is 248 g/mol. The smallest absolute Gasteiger partial charge is 0.258 e. The molecular weight excluding hydrogens is 228 g/mol. The molecule has 0 radical (unpaired) electrons. The van der Waals surface area contributed by atoms with Gasteiger partial charge in [-0.3, -0.25) is 4.79 Å². The predicted molar refractivity (Wildman–Crippen MR) is 70.6 cm³/mol. The second kappa shape index (κ2) is 6.40. The van der Waals surface area contributed by atoms with E-state index in [1.165, 1.54) is 0 Å². The molecule has 2 N–H and O–H groups in total. The molecule has 1 aromatic rings. The van der Waals surface area contributed by atoms with Crippen molar-refractivity contribution >= 4 is 5.91 Å². The van der Waals surface area contributed by atoms with E-state index in [-0.39, 0.29) is 18.6 Å². The van der Waals surface area contributed by atoms with Gasteiger partial charge in [0.1, 0.15) is 5.75 Å². The summed E-state index contributed by atoms with van der Waals surface area (Å²) in [6, 6.07) is 9.93. The molecule has 1 aliphatic rings. The van der Waals surface area contributed by atoms with E-state index < -0.39 is 0 Å². The first-order valence-electron chi connectivity index (χ1n) is 6.46. The Labute approximate surface area is 108 Å². The molecule has 1 heterocycles. The molecule has 1 saturated heterocycles. The van der Waals surface area contributed by atoms with Crippen LogP contribution in [-0.4, -0.2) is 31.1 Å². The maximum Gasteiger partial charge on any atom is 0.258 e. The fraction of sp³-hybridized carbons (Fsp3) is 0.500. The minimum atomic E-state index is -0.0561. The lowest BCUT2D eigenvalue weighted by atomic mass is 10.00. The molecule has 1 amide bonds. The Balaban J connectivity index is 1.75. The summed E-state index contributed by atoms with van der Waals surface area (Å²) < 4.78 is 5.41. The van der Waals surface area contributed by atoms with Gasteiger partial charge < -0.3 is 15.4 Å². The van der Waals surface area contributed by atoms with Crippen LogP contribution in [-0.2, 0) is 4.79 Å². The summed E-state index contributed by atoms with van der Waals surface area (Å²) in [5.74, 6) is 0.668. The van der Waals surface area contributed by atoms with Gasteiger partial charge in [-0.1, -0.05) is 18.2 Å². The van der Waals surface area contributed by atoms with Gasteiger partial charge in [0.2, 0.25) is 0 Å². The Morgan fingerprint density at radius 1 is 1.44 bits per heavy atom. The number of hydrogen-bond acceptors (Lipinski definition) is 3. The van der Waals surface area contributed by atoms with Crippen LogP contribution >= 0.6 is 0 Å². The van der Waals surface area contributed by atoms with Crippen LogP contribution in [0.2, 0.25) is 0 Å². The van der Waals surface area contributed by atoms with Crippen molar-refractivity contribution in [3.05, 3.63) is 30.3 Å². The van der Waals surface area contributed by atoms with Gasteiger partial charge in [-0.2, -0.15) is 0 Å². The SMILES string of the molecule is CC1NCCCC1NC(=O)COc1ccccc1. The summed E-state index contributed by atoms with van der Waals surface area (Å²) >= 11 is 0. The number of benzene rings is 1. The van der Waals surface area contributed by atoms with E-state index in [4.69, 9.17) is 4.74 Å². The third-order valence-electron chi connectivity index (χ3n) is 3.22. The highest BCUT2D eigenvalue weighted by molar-refractivity contribution is 5.77. The number of amides is 1. The minimum absolute atomic E-state index is 0.0561. The van der Waals surface area contributed by atoms with Gasteiger partial charge in [0.25, 0.3) is 5.91 Å². The highest BCUT2D eigenvalue weighted by Crippen LogP contribution is 2.09. The van der Waals surface area contributed by atoms with E-state index in [1.54, 1.807) is 0 Å². The number of ether oxygens (including phenoxy) is 1. The molecule has 4 heteroatoms. The number of para-hydroxylation sites is 1. The molecule has 2 unspecified atom stereocenters. The molecule has 2 rings (SSSR count). The van der Waals surface area contributed by atoms with Crippen molar-refractivity contribution in [3.63, 3.8) is 0 Å². The maximum absolute atomic E-state index is 11.8. The Kier molecular flexibility index (Phi) is 4.59. The van der Waals surface area contributed by atoms with E-state index in [0.29, 0.717) is 6.04 Å². The van der Waals surface area contributed by atoms with Gasteiger partial charge in [0, 0.05) is 12.1 Å². The van der Waals surface area contributed by atoms with Crippen LogP contribution in [0.5, 0.6) is 5.75 Å². The first kappa shape index (κ1) is 12.9. The molecular formula is C14H20N2O2. The number of hydrogen-bond donors (Lipinski definition) is 2. The van der Waals surface area contributed by atoms with E-state index in [1.807, 2.05) is 30.3 Å². The molecule has 1 fully saturated rings. The maximum atomic E-state index is 11.8. The lowest BCUT2D eigenvalue weighted by Gasteiger charge is -2.30. The highest BCUT2D eigenvalue weighted by Gasteiger charge is 2.22.